The van der Waals surface area contributed by atoms with Gasteiger partial charge in [-0.3, -0.25) is 0 Å². The Morgan fingerprint density at radius 2 is 1.77 bits per heavy atom. The van der Waals surface area contributed by atoms with Crippen LogP contribution in [0.3, 0.4) is 0 Å². The lowest BCUT2D eigenvalue weighted by Gasteiger charge is -2.23. The predicted molar refractivity (Wildman–Crippen MR) is 91.5 cm³/mol. The van der Waals surface area contributed by atoms with E-state index >= 15 is 0 Å². The third-order valence-electron chi connectivity index (χ3n) is 3.28. The number of nitrogens with two attached hydrogens (primary N) is 2. The number of benzene rings is 2. The molecule has 0 bridgehead atoms. The van der Waals surface area contributed by atoms with Crippen molar-refractivity contribution in [3.8, 4) is 0 Å². The van der Waals surface area contributed by atoms with Crippen LogP contribution in [0.5, 0.6) is 0 Å². The fourth-order valence-electron chi connectivity index (χ4n) is 2.15. The quantitative estimate of drug-likeness (QED) is 0.410. The van der Waals surface area contributed by atoms with E-state index < -0.39 is 0 Å². The van der Waals surface area contributed by atoms with Crippen LogP contribution in [0.15, 0.2) is 59.7 Å². The van der Waals surface area contributed by atoms with E-state index in [1.807, 2.05) is 18.2 Å². The van der Waals surface area contributed by atoms with Gasteiger partial charge >= 0.3 is 0 Å². The summed E-state index contributed by atoms with van der Waals surface area (Å²) in [6.45, 7) is 4.00. The third-order valence-corrected chi connectivity index (χ3v) is 3.28. The van der Waals surface area contributed by atoms with Crippen molar-refractivity contribution in [1.29, 1.82) is 0 Å². The standard InChI is InChI=1S/C17H21N5/c1-2-22(13-15-6-4-3-5-7-15)16-10-8-14(9-11-16)12-20-21-17(18)19/h3-12H,2,13H2,1H3,(H4,18,19,21)/p+1/b20-12+. The molecule has 0 radical (unpaired) electrons. The van der Waals surface area contributed by atoms with Crippen LogP contribution in [0.1, 0.15) is 18.1 Å². The van der Waals surface area contributed by atoms with Crippen molar-refractivity contribution in [3.05, 3.63) is 65.7 Å². The van der Waals surface area contributed by atoms with Gasteiger partial charge in [0.25, 0.3) is 5.96 Å². The molecular formula is C17H22N5+. The molecule has 114 valence electrons. The molecule has 0 saturated carbocycles. The average Bonchev–Trinajstić information content (AvgIpc) is 2.54. The second kappa shape index (κ2) is 7.83. The van der Waals surface area contributed by atoms with Gasteiger partial charge < -0.3 is 16.4 Å². The summed E-state index contributed by atoms with van der Waals surface area (Å²) in [6, 6.07) is 18.7. The van der Waals surface area contributed by atoms with E-state index in [2.05, 4.69) is 58.4 Å². The van der Waals surface area contributed by atoms with Gasteiger partial charge in [-0.1, -0.05) is 30.3 Å². The smallest absolute Gasteiger partial charge is 0.256 e. The summed E-state index contributed by atoms with van der Waals surface area (Å²) in [5, 5.41) is 6.41. The van der Waals surface area contributed by atoms with E-state index in [4.69, 9.17) is 11.5 Å². The highest BCUT2D eigenvalue weighted by Gasteiger charge is 2.05. The number of rotatable bonds is 6. The highest BCUT2D eigenvalue weighted by atomic mass is 15.3. The number of anilines is 1. The largest absolute Gasteiger partial charge is 0.367 e. The van der Waals surface area contributed by atoms with Crippen molar-refractivity contribution in [1.82, 2.24) is 0 Å². The summed E-state index contributed by atoms with van der Waals surface area (Å²) in [6.07, 6.45) is 1.75. The summed E-state index contributed by atoms with van der Waals surface area (Å²) in [7, 11) is 0. The van der Waals surface area contributed by atoms with Crippen molar-refractivity contribution in [2.24, 2.45) is 16.6 Å². The Morgan fingerprint density at radius 1 is 1.09 bits per heavy atom. The van der Waals surface area contributed by atoms with Crippen LogP contribution in [0.4, 0.5) is 5.69 Å². The van der Waals surface area contributed by atoms with E-state index in [1.165, 1.54) is 11.3 Å². The minimum atomic E-state index is 0.00730. The Kier molecular flexibility index (Phi) is 5.54. The second-order valence-corrected chi connectivity index (χ2v) is 4.90. The minimum absolute atomic E-state index is 0.00730. The molecule has 0 aromatic heterocycles. The highest BCUT2D eigenvalue weighted by Crippen LogP contribution is 2.17. The van der Waals surface area contributed by atoms with Gasteiger partial charge in [0.1, 0.15) is 0 Å². The van der Waals surface area contributed by atoms with Crippen molar-refractivity contribution in [2.45, 2.75) is 13.5 Å². The highest BCUT2D eigenvalue weighted by molar-refractivity contribution is 5.77. The van der Waals surface area contributed by atoms with Crippen LogP contribution < -0.4 is 21.5 Å². The van der Waals surface area contributed by atoms with Crippen molar-refractivity contribution < 1.29 is 5.10 Å². The zero-order valence-corrected chi connectivity index (χ0v) is 12.7. The Balaban J connectivity index is 2.07. The van der Waals surface area contributed by atoms with Gasteiger partial charge in [-0.15, -0.1) is 5.10 Å². The molecule has 0 aliphatic heterocycles. The number of nitrogens with one attached hydrogen (secondary N) is 1. The molecule has 0 saturated heterocycles. The Hall–Kier alpha value is -2.82. The summed E-state index contributed by atoms with van der Waals surface area (Å²) in [4.78, 5) is 2.32. The molecule has 5 N–H and O–H groups in total. The minimum Gasteiger partial charge on any atom is -0.367 e. The molecule has 0 aliphatic rings. The molecule has 0 fully saturated rings. The summed E-state index contributed by atoms with van der Waals surface area (Å²) in [5.41, 5.74) is 14.0. The number of guanidine groups is 1. The maximum absolute atomic E-state index is 5.25. The summed E-state index contributed by atoms with van der Waals surface area (Å²) < 4.78 is 0. The molecule has 2 aromatic rings. The number of hydrogen-bond donors (Lipinski definition) is 3. The van der Waals surface area contributed by atoms with E-state index in [1.54, 1.807) is 6.21 Å². The topological polar surface area (TPSA) is 81.6 Å². The molecule has 0 amide bonds. The zero-order valence-electron chi connectivity index (χ0n) is 12.7. The molecular weight excluding hydrogens is 274 g/mol. The van der Waals surface area contributed by atoms with E-state index in [9.17, 15) is 0 Å². The lowest BCUT2D eigenvalue weighted by Crippen LogP contribution is -2.63. The van der Waals surface area contributed by atoms with Crippen molar-refractivity contribution >= 4 is 17.9 Å². The second-order valence-electron chi connectivity index (χ2n) is 4.90. The van der Waals surface area contributed by atoms with Crippen LogP contribution in [-0.2, 0) is 6.54 Å². The molecule has 0 aliphatic carbocycles. The van der Waals surface area contributed by atoms with Crippen LogP contribution >= 0.6 is 0 Å². The van der Waals surface area contributed by atoms with E-state index in [0.717, 1.165) is 18.7 Å². The van der Waals surface area contributed by atoms with Crippen LogP contribution in [0, 0.1) is 0 Å². The van der Waals surface area contributed by atoms with Gasteiger partial charge in [0, 0.05) is 29.4 Å². The molecule has 0 unspecified atom stereocenters. The SMILES string of the molecule is CCN(Cc1ccccc1)c1ccc(/C=[NH+]/N=C(N)N)cc1. The average molecular weight is 296 g/mol. The van der Waals surface area contributed by atoms with Gasteiger partial charge in [0.05, 0.1) is 0 Å². The maximum atomic E-state index is 5.25. The summed E-state index contributed by atoms with van der Waals surface area (Å²) in [5.74, 6) is 0.00730. The number of hydrazone groups is 1. The van der Waals surface area contributed by atoms with Crippen LogP contribution in [0.25, 0.3) is 0 Å². The normalized spacial score (nSPS) is 10.6. The summed E-state index contributed by atoms with van der Waals surface area (Å²) >= 11 is 0. The Morgan fingerprint density at radius 3 is 2.36 bits per heavy atom. The van der Waals surface area contributed by atoms with Gasteiger partial charge in [-0.2, -0.15) is 0 Å². The molecule has 0 heterocycles. The molecule has 22 heavy (non-hydrogen) atoms. The fraction of sp³-hybridized carbons (Fsp3) is 0.176. The van der Waals surface area contributed by atoms with Gasteiger partial charge in [-0.25, -0.2) is 0 Å². The fourth-order valence-corrected chi connectivity index (χ4v) is 2.15. The van der Waals surface area contributed by atoms with Gasteiger partial charge in [0.2, 0.25) is 6.21 Å². The Labute approximate surface area is 131 Å². The van der Waals surface area contributed by atoms with Crippen molar-refractivity contribution in [2.75, 3.05) is 11.4 Å². The maximum Gasteiger partial charge on any atom is 0.256 e. The lowest BCUT2D eigenvalue weighted by atomic mass is 10.1. The van der Waals surface area contributed by atoms with E-state index in [0.29, 0.717) is 0 Å². The first-order chi connectivity index (χ1) is 10.7. The first kappa shape index (κ1) is 15.6. The molecule has 5 heteroatoms. The molecule has 0 spiro atoms. The number of nitrogens with zero attached hydrogens (tertiary/aromatic N) is 2. The van der Waals surface area contributed by atoms with Gasteiger partial charge in [-0.05, 0) is 36.8 Å². The zero-order chi connectivity index (χ0) is 15.8. The van der Waals surface area contributed by atoms with Crippen LogP contribution in [-0.4, -0.2) is 18.7 Å². The van der Waals surface area contributed by atoms with Crippen molar-refractivity contribution in [3.63, 3.8) is 0 Å². The molecule has 2 aromatic carbocycles. The predicted octanol–water partition coefficient (Wildman–Crippen LogP) is 0.401. The first-order valence-electron chi connectivity index (χ1n) is 7.25. The monoisotopic (exact) mass is 296 g/mol. The Bertz CT molecular complexity index is 628. The van der Waals surface area contributed by atoms with E-state index in [-0.39, 0.29) is 5.96 Å². The van der Waals surface area contributed by atoms with Crippen LogP contribution in [0.2, 0.25) is 0 Å². The molecule has 5 nitrogen and oxygen atoms in total. The van der Waals surface area contributed by atoms with Gasteiger partial charge in [0.15, 0.2) is 0 Å². The molecule has 2 rings (SSSR count). The molecule has 0 atom stereocenters. The lowest BCUT2D eigenvalue weighted by molar-refractivity contribution is -0.456. The number of hydrogen-bond acceptors (Lipinski definition) is 2. The first-order valence-corrected chi connectivity index (χ1v) is 7.25. The third kappa shape index (κ3) is 4.63.